The molecule has 3 unspecified atom stereocenters. The predicted molar refractivity (Wildman–Crippen MR) is 217 cm³/mol. The summed E-state index contributed by atoms with van der Waals surface area (Å²) in [6.07, 6.45) is -3.20. The number of alkyl halides is 1. The molecule has 6 rings (SSSR count). The van der Waals surface area contributed by atoms with E-state index in [2.05, 4.69) is 22.1 Å². The van der Waals surface area contributed by atoms with Gasteiger partial charge in [0.05, 0.1) is 33.3 Å². The minimum atomic E-state index is -3.20. The van der Waals surface area contributed by atoms with Crippen LogP contribution in [0.3, 0.4) is 0 Å². The lowest BCUT2D eigenvalue weighted by atomic mass is 9.62. The maximum atomic E-state index is 17.0. The first-order valence-electron chi connectivity index (χ1n) is 20.4. The number of ketones is 2. The van der Waals surface area contributed by atoms with Crippen LogP contribution in [0.4, 0.5) is 4.39 Å². The van der Waals surface area contributed by atoms with E-state index < -0.39 is 94.4 Å². The van der Waals surface area contributed by atoms with Crippen LogP contribution in [0, 0.1) is 35.0 Å². The van der Waals surface area contributed by atoms with Crippen LogP contribution in [0.5, 0.6) is 0 Å². The van der Waals surface area contributed by atoms with Gasteiger partial charge in [0.2, 0.25) is 0 Å². The van der Waals surface area contributed by atoms with Crippen molar-refractivity contribution in [3.05, 3.63) is 41.4 Å². The summed E-state index contributed by atoms with van der Waals surface area (Å²) in [5.74, 6) is -0.291. The van der Waals surface area contributed by atoms with Crippen LogP contribution in [0.15, 0.2) is 36.5 Å². The van der Waals surface area contributed by atoms with Crippen LogP contribution >= 0.6 is 11.3 Å². The molecule has 13 nitrogen and oxygen atoms in total. The molecule has 0 aliphatic carbocycles. The number of aliphatic hydroxyl groups is 1. The topological polar surface area (TPSA) is 163 Å². The zero-order valence-electron chi connectivity index (χ0n) is 35.6. The van der Waals surface area contributed by atoms with Gasteiger partial charge in [0.1, 0.15) is 30.6 Å². The van der Waals surface area contributed by atoms with Crippen molar-refractivity contribution < 1.29 is 52.4 Å². The number of halogens is 1. The van der Waals surface area contributed by atoms with E-state index >= 15 is 4.39 Å². The number of carbonyl (C=O) groups excluding carboxylic acids is 4. The standard InChI is InChI=1S/C44H58FN3O10S/c1-11-31-44(8)34-32(38(52)58-44)47-23-41(34,5)35(50)24(2)22-42(6,54-20-14-15-27-17-18-30(59-27)28-16-12-13-19-46-28)37(26(4)36(51)43(7,45)40(53)56-31)57-39-33(49)29(48(9)10)21-25(3)55-39/h12-13,16-19,24-26,29,31-34,37,39,47,49H,11,20-23H2,1-10H3/t24-,25-,26+,29+,31-,32?,33-,34?,37-,39+,41?,42+,43+,44-/m1/s1. The molecule has 4 aliphatic rings. The van der Waals surface area contributed by atoms with Gasteiger partial charge in [-0.05, 0) is 85.3 Å². The quantitative estimate of drug-likeness (QED) is 0.228. The zero-order valence-corrected chi connectivity index (χ0v) is 36.4. The van der Waals surface area contributed by atoms with Crippen LogP contribution in [0.2, 0.25) is 0 Å². The van der Waals surface area contributed by atoms with Gasteiger partial charge in [-0.3, -0.25) is 19.4 Å². The number of pyridine rings is 1. The summed E-state index contributed by atoms with van der Waals surface area (Å²) in [6.45, 7) is 12.5. The van der Waals surface area contributed by atoms with Gasteiger partial charge in [-0.25, -0.2) is 9.18 Å². The van der Waals surface area contributed by atoms with Crippen LogP contribution in [-0.4, -0.2) is 125 Å². The molecule has 2 aromatic heterocycles. The normalized spacial score (nSPS) is 40.5. The van der Waals surface area contributed by atoms with Crippen molar-refractivity contribution in [2.45, 2.75) is 134 Å². The Morgan fingerprint density at radius 1 is 1.07 bits per heavy atom. The number of aromatic nitrogens is 1. The molecule has 4 aliphatic heterocycles. The van der Waals surface area contributed by atoms with Gasteiger partial charge < -0.3 is 39.0 Å². The number of nitrogens with one attached hydrogen (secondary N) is 1. The van der Waals surface area contributed by atoms with E-state index in [1.54, 1.807) is 40.8 Å². The summed E-state index contributed by atoms with van der Waals surface area (Å²) >= 11 is 1.45. The van der Waals surface area contributed by atoms with E-state index in [0.29, 0.717) is 6.42 Å². The van der Waals surface area contributed by atoms with Gasteiger partial charge in [-0.1, -0.05) is 45.6 Å². The second-order valence-electron chi connectivity index (χ2n) is 17.7. The second kappa shape index (κ2) is 17.0. The Hall–Kier alpha value is -3.62. The number of ether oxygens (including phenoxy) is 5. The Bertz CT molecular complexity index is 1970. The SMILES string of the molecule is CC[C@H]1OC(=O)[C@@](C)(F)C(=O)[C@H](C)[C@@H](O[C@@H]2O[C@H](C)C[C@H](N(C)C)[C@H]2O)[C@@](C)(OCC#Cc2ccc(-c3ccccn3)s2)C[C@@H](C)C(=O)C2(C)CNC3C(=O)O[C@@]1(C)C32. The van der Waals surface area contributed by atoms with Crippen LogP contribution < -0.4 is 5.32 Å². The average Bonchev–Trinajstić information content (AvgIpc) is 3.89. The lowest BCUT2D eigenvalue weighted by molar-refractivity contribution is -0.296. The number of hydrogen-bond acceptors (Lipinski definition) is 14. The molecule has 0 aromatic carbocycles. The van der Waals surface area contributed by atoms with E-state index in [1.165, 1.54) is 18.3 Å². The van der Waals surface area contributed by atoms with E-state index in [9.17, 15) is 24.3 Å². The molecular weight excluding hydrogens is 782 g/mol. The van der Waals surface area contributed by atoms with Crippen molar-refractivity contribution in [1.82, 2.24) is 15.2 Å². The summed E-state index contributed by atoms with van der Waals surface area (Å²) in [7, 11) is 3.65. The number of aliphatic hydroxyl groups excluding tert-OH is 1. The third-order valence-electron chi connectivity index (χ3n) is 13.0. The van der Waals surface area contributed by atoms with Crippen molar-refractivity contribution in [2.24, 2.45) is 23.2 Å². The highest BCUT2D eigenvalue weighted by atomic mass is 32.1. The summed E-state index contributed by atoms with van der Waals surface area (Å²) in [4.78, 5) is 64.7. The lowest BCUT2D eigenvalue weighted by Gasteiger charge is -2.48. The summed E-state index contributed by atoms with van der Waals surface area (Å²) in [5.41, 5.74) is -6.72. The van der Waals surface area contributed by atoms with Crippen LogP contribution in [-0.2, 0) is 42.9 Å². The van der Waals surface area contributed by atoms with Crippen molar-refractivity contribution in [2.75, 3.05) is 27.2 Å². The second-order valence-corrected chi connectivity index (χ2v) is 18.8. The van der Waals surface area contributed by atoms with Crippen molar-refractivity contribution in [3.8, 4) is 22.4 Å². The van der Waals surface area contributed by atoms with Gasteiger partial charge in [0, 0.05) is 42.0 Å². The average molecular weight is 840 g/mol. The fourth-order valence-electron chi connectivity index (χ4n) is 9.95. The molecule has 14 atom stereocenters. The first kappa shape index (κ1) is 44.9. The van der Waals surface area contributed by atoms with E-state index in [1.807, 2.05) is 56.3 Å². The molecule has 2 aromatic rings. The Morgan fingerprint density at radius 2 is 1.80 bits per heavy atom. The molecule has 59 heavy (non-hydrogen) atoms. The first-order chi connectivity index (χ1) is 27.7. The zero-order chi connectivity index (χ0) is 43.2. The minimum absolute atomic E-state index is 0.0583. The van der Waals surface area contributed by atoms with Crippen molar-refractivity contribution >= 4 is 34.8 Å². The fourth-order valence-corrected chi connectivity index (χ4v) is 10.8. The number of esters is 2. The Labute approximate surface area is 350 Å². The molecule has 4 saturated heterocycles. The van der Waals surface area contributed by atoms with Crippen LogP contribution in [0.1, 0.15) is 79.5 Å². The molecule has 0 spiro atoms. The molecular formula is C44H58FN3O10S. The molecule has 2 N–H and O–H groups in total. The summed E-state index contributed by atoms with van der Waals surface area (Å²) in [5, 5.41) is 14.8. The Balaban J connectivity index is 1.43. The third-order valence-corrected chi connectivity index (χ3v) is 14.0. The maximum absolute atomic E-state index is 17.0. The van der Waals surface area contributed by atoms with E-state index in [4.69, 9.17) is 23.7 Å². The summed E-state index contributed by atoms with van der Waals surface area (Å²) < 4.78 is 48.3. The molecule has 0 saturated carbocycles. The smallest absolute Gasteiger partial charge is 0.351 e. The van der Waals surface area contributed by atoms with Gasteiger partial charge in [-0.15, -0.1) is 11.3 Å². The summed E-state index contributed by atoms with van der Waals surface area (Å²) in [6, 6.07) is 8.17. The minimum Gasteiger partial charge on any atom is -0.455 e. The van der Waals surface area contributed by atoms with Gasteiger partial charge >= 0.3 is 11.9 Å². The number of likely N-dealkylation sites (N-methyl/N-ethyl adjacent to an activating group) is 1. The largest absolute Gasteiger partial charge is 0.455 e. The number of Topliss-reactive ketones (excluding diaryl/α,β-unsaturated/α-hetero) is 2. The Kier molecular flexibility index (Phi) is 13.0. The van der Waals surface area contributed by atoms with Crippen molar-refractivity contribution in [3.63, 3.8) is 0 Å². The molecule has 4 fully saturated rings. The van der Waals surface area contributed by atoms with Crippen molar-refractivity contribution in [1.29, 1.82) is 0 Å². The number of cyclic esters (lactones) is 1. The molecule has 0 bridgehead atoms. The number of carbonyl (C=O) groups is 4. The van der Waals surface area contributed by atoms with Gasteiger partial charge in [-0.2, -0.15) is 0 Å². The molecule has 0 amide bonds. The number of nitrogens with zero attached hydrogens (tertiary/aromatic N) is 2. The molecule has 322 valence electrons. The molecule has 15 heteroatoms. The Morgan fingerprint density at radius 3 is 2.46 bits per heavy atom. The fraction of sp³-hybridized carbons (Fsp3) is 0.659. The van der Waals surface area contributed by atoms with Crippen LogP contribution in [0.25, 0.3) is 10.6 Å². The number of rotatable bonds is 7. The van der Waals surface area contributed by atoms with Gasteiger partial charge in [0.15, 0.2) is 17.7 Å². The third kappa shape index (κ3) is 8.39. The van der Waals surface area contributed by atoms with Gasteiger partial charge in [0.25, 0.3) is 5.67 Å². The number of hydrogen-bond donors (Lipinski definition) is 2. The highest BCUT2D eigenvalue weighted by molar-refractivity contribution is 7.16. The monoisotopic (exact) mass is 839 g/mol. The highest BCUT2D eigenvalue weighted by Gasteiger charge is 2.69. The number of thiophene rings is 1. The molecule has 6 heterocycles. The van der Waals surface area contributed by atoms with E-state index in [-0.39, 0.29) is 37.9 Å². The highest BCUT2D eigenvalue weighted by Crippen LogP contribution is 2.53. The van der Waals surface area contributed by atoms with E-state index in [0.717, 1.165) is 22.4 Å². The maximum Gasteiger partial charge on any atom is 0.351 e. The predicted octanol–water partition coefficient (Wildman–Crippen LogP) is 4.52. The first-order valence-corrected chi connectivity index (χ1v) is 21.2. The lowest BCUT2D eigenvalue weighted by Crippen LogP contribution is -2.61. The molecule has 0 radical (unpaired) electrons.